The van der Waals surface area contributed by atoms with Crippen LogP contribution in [0.1, 0.15) is 22.0 Å². The second-order valence-corrected chi connectivity index (χ2v) is 4.47. The summed E-state index contributed by atoms with van der Waals surface area (Å²) in [6, 6.07) is 8.96. The van der Waals surface area contributed by atoms with Gasteiger partial charge in [-0.3, -0.25) is 0 Å². The number of nitrogens with zero attached hydrogens (tertiary/aromatic N) is 1. The van der Waals surface area contributed by atoms with Crippen LogP contribution < -0.4 is 15.8 Å². The topological polar surface area (TPSA) is 97.5 Å². The highest BCUT2D eigenvalue weighted by atomic mass is 16.5. The maximum atomic E-state index is 11.0. The molecule has 3 rings (SSSR count). The summed E-state index contributed by atoms with van der Waals surface area (Å²) < 4.78 is 5.55. The summed E-state index contributed by atoms with van der Waals surface area (Å²) in [6.45, 7) is 0.456. The van der Waals surface area contributed by atoms with Crippen LogP contribution in [0.5, 0.6) is 5.75 Å². The Morgan fingerprint density at radius 1 is 1.40 bits per heavy atom. The van der Waals surface area contributed by atoms with Crippen LogP contribution in [0.4, 0.5) is 11.5 Å². The van der Waals surface area contributed by atoms with Crippen LogP contribution in [-0.4, -0.2) is 22.7 Å². The molecule has 6 nitrogen and oxygen atoms in total. The van der Waals surface area contributed by atoms with Gasteiger partial charge in [0.1, 0.15) is 12.4 Å². The molecule has 0 bridgehead atoms. The van der Waals surface area contributed by atoms with E-state index in [-0.39, 0.29) is 17.3 Å². The zero-order valence-electron chi connectivity index (χ0n) is 10.5. The van der Waals surface area contributed by atoms with E-state index in [4.69, 9.17) is 15.6 Å². The quantitative estimate of drug-likeness (QED) is 0.789. The van der Waals surface area contributed by atoms with E-state index in [1.165, 1.54) is 12.3 Å². The van der Waals surface area contributed by atoms with Gasteiger partial charge in [0.15, 0.2) is 5.82 Å². The van der Waals surface area contributed by atoms with Crippen molar-refractivity contribution in [2.24, 2.45) is 0 Å². The summed E-state index contributed by atoms with van der Waals surface area (Å²) in [5.74, 6) is 0.101. The maximum absolute atomic E-state index is 11.0. The molecule has 1 atom stereocenters. The van der Waals surface area contributed by atoms with Gasteiger partial charge in [-0.15, -0.1) is 0 Å². The Morgan fingerprint density at radius 3 is 3.00 bits per heavy atom. The highest BCUT2D eigenvalue weighted by Gasteiger charge is 2.25. The zero-order valence-corrected chi connectivity index (χ0v) is 10.5. The molecular weight excluding hydrogens is 258 g/mol. The highest BCUT2D eigenvalue weighted by molar-refractivity contribution is 5.96. The number of carboxylic acid groups (broad SMARTS) is 1. The van der Waals surface area contributed by atoms with E-state index >= 15 is 0 Å². The third kappa shape index (κ3) is 2.01. The Morgan fingerprint density at radius 2 is 2.20 bits per heavy atom. The number of nitrogens with one attached hydrogen (secondary N) is 1. The molecule has 0 amide bonds. The summed E-state index contributed by atoms with van der Waals surface area (Å²) in [5, 5.41) is 12.2. The van der Waals surface area contributed by atoms with Crippen LogP contribution in [0.15, 0.2) is 36.5 Å². The maximum Gasteiger partial charge on any atom is 0.337 e. The first-order valence-corrected chi connectivity index (χ1v) is 6.13. The number of carbonyl (C=O) groups is 1. The van der Waals surface area contributed by atoms with Crippen LogP contribution in [0.2, 0.25) is 0 Å². The summed E-state index contributed by atoms with van der Waals surface area (Å²) in [4.78, 5) is 15.2. The molecule has 2 heterocycles. The Bertz CT molecular complexity index is 672. The van der Waals surface area contributed by atoms with Crippen molar-refractivity contribution >= 4 is 17.5 Å². The van der Waals surface area contributed by atoms with Gasteiger partial charge >= 0.3 is 5.97 Å². The van der Waals surface area contributed by atoms with Gasteiger partial charge in [-0.25, -0.2) is 9.78 Å². The lowest BCUT2D eigenvalue weighted by Gasteiger charge is -2.14. The van der Waals surface area contributed by atoms with E-state index in [9.17, 15) is 4.79 Å². The van der Waals surface area contributed by atoms with Crippen molar-refractivity contribution in [1.29, 1.82) is 0 Å². The predicted octanol–water partition coefficient (Wildman–Crippen LogP) is 1.91. The summed E-state index contributed by atoms with van der Waals surface area (Å²) in [7, 11) is 0. The smallest absolute Gasteiger partial charge is 0.337 e. The van der Waals surface area contributed by atoms with Crippen molar-refractivity contribution in [2.45, 2.75) is 6.04 Å². The molecule has 0 aliphatic carbocycles. The number of fused-ring (bicyclic) bond motifs is 1. The number of hydrogen-bond donors (Lipinski definition) is 3. The van der Waals surface area contributed by atoms with Crippen LogP contribution in [0, 0.1) is 0 Å². The van der Waals surface area contributed by atoms with Crippen LogP contribution in [-0.2, 0) is 0 Å². The third-order valence-corrected chi connectivity index (χ3v) is 3.23. The SMILES string of the molecule is Nc1c(C(=O)O)ccnc1NC1COc2ccccc21. The van der Waals surface area contributed by atoms with Crippen molar-refractivity contribution in [3.05, 3.63) is 47.7 Å². The average molecular weight is 271 g/mol. The van der Waals surface area contributed by atoms with Crippen molar-refractivity contribution in [2.75, 3.05) is 17.7 Å². The lowest BCUT2D eigenvalue weighted by molar-refractivity contribution is 0.0698. The van der Waals surface area contributed by atoms with Gasteiger partial charge in [0, 0.05) is 11.8 Å². The fraction of sp³-hybridized carbons (Fsp3) is 0.143. The number of ether oxygens (including phenoxy) is 1. The van der Waals surface area contributed by atoms with Gasteiger partial charge in [0.25, 0.3) is 0 Å². The number of aromatic carboxylic acids is 1. The minimum absolute atomic E-state index is 0.0368. The van der Waals surface area contributed by atoms with Crippen LogP contribution >= 0.6 is 0 Å². The lowest BCUT2D eigenvalue weighted by Crippen LogP contribution is -2.15. The molecule has 20 heavy (non-hydrogen) atoms. The minimum Gasteiger partial charge on any atom is -0.491 e. The second kappa shape index (κ2) is 4.73. The van der Waals surface area contributed by atoms with E-state index in [1.54, 1.807) is 0 Å². The van der Waals surface area contributed by atoms with E-state index in [0.717, 1.165) is 11.3 Å². The molecule has 1 aliphatic heterocycles. The number of nitrogens with two attached hydrogens (primary N) is 1. The first-order chi connectivity index (χ1) is 9.66. The monoisotopic (exact) mass is 271 g/mol. The molecule has 2 aromatic rings. The van der Waals surface area contributed by atoms with Crippen LogP contribution in [0.3, 0.4) is 0 Å². The average Bonchev–Trinajstić information content (AvgIpc) is 2.84. The molecule has 1 aliphatic rings. The summed E-state index contributed by atoms with van der Waals surface area (Å²) in [6.07, 6.45) is 1.42. The molecular formula is C14H13N3O3. The molecule has 0 spiro atoms. The number of rotatable bonds is 3. The van der Waals surface area contributed by atoms with E-state index in [2.05, 4.69) is 10.3 Å². The zero-order chi connectivity index (χ0) is 14.1. The number of aromatic nitrogens is 1. The van der Waals surface area contributed by atoms with Gasteiger partial charge < -0.3 is 20.9 Å². The van der Waals surface area contributed by atoms with Gasteiger partial charge in [0.2, 0.25) is 0 Å². The second-order valence-electron chi connectivity index (χ2n) is 4.47. The standard InChI is InChI=1S/C14H13N3O3/c15-12-9(14(18)19)5-6-16-13(12)17-10-7-20-11-4-2-1-3-8(10)11/h1-6,10H,7,15H2,(H,16,17)(H,18,19). The lowest BCUT2D eigenvalue weighted by atomic mass is 10.1. The summed E-state index contributed by atoms with van der Waals surface area (Å²) >= 11 is 0. The molecule has 0 fully saturated rings. The molecule has 0 saturated heterocycles. The molecule has 4 N–H and O–H groups in total. The molecule has 0 radical (unpaired) electrons. The van der Waals surface area contributed by atoms with Gasteiger partial charge in [0.05, 0.1) is 17.3 Å². The van der Waals surface area contributed by atoms with Gasteiger partial charge in [-0.1, -0.05) is 18.2 Å². The van der Waals surface area contributed by atoms with Crippen molar-refractivity contribution < 1.29 is 14.6 Å². The molecule has 1 aromatic carbocycles. The van der Waals surface area contributed by atoms with Crippen LogP contribution in [0.25, 0.3) is 0 Å². The first-order valence-electron chi connectivity index (χ1n) is 6.13. The molecule has 6 heteroatoms. The van der Waals surface area contributed by atoms with E-state index < -0.39 is 5.97 Å². The van der Waals surface area contributed by atoms with Crippen molar-refractivity contribution in [3.63, 3.8) is 0 Å². The summed E-state index contributed by atoms with van der Waals surface area (Å²) in [5.41, 5.74) is 7.01. The number of hydrogen-bond acceptors (Lipinski definition) is 5. The molecule has 1 unspecified atom stereocenters. The Balaban J connectivity index is 1.90. The number of carboxylic acids is 1. The number of nitrogen functional groups attached to an aromatic ring is 1. The van der Waals surface area contributed by atoms with Gasteiger partial charge in [-0.2, -0.15) is 0 Å². The fourth-order valence-electron chi connectivity index (χ4n) is 2.22. The predicted molar refractivity (Wildman–Crippen MR) is 73.9 cm³/mol. The fourth-order valence-corrected chi connectivity index (χ4v) is 2.22. The highest BCUT2D eigenvalue weighted by Crippen LogP contribution is 2.35. The normalized spacial score (nSPS) is 16.3. The first kappa shape index (κ1) is 12.3. The molecule has 0 saturated carbocycles. The largest absolute Gasteiger partial charge is 0.491 e. The number of anilines is 2. The number of pyridine rings is 1. The van der Waals surface area contributed by atoms with Gasteiger partial charge in [-0.05, 0) is 12.1 Å². The van der Waals surface area contributed by atoms with E-state index in [1.807, 2.05) is 24.3 Å². The number of benzene rings is 1. The number of para-hydroxylation sites is 1. The van der Waals surface area contributed by atoms with Crippen molar-refractivity contribution in [1.82, 2.24) is 4.98 Å². The Hall–Kier alpha value is -2.76. The Labute approximate surface area is 115 Å². The third-order valence-electron chi connectivity index (χ3n) is 3.23. The van der Waals surface area contributed by atoms with Crippen molar-refractivity contribution in [3.8, 4) is 5.75 Å². The minimum atomic E-state index is -1.07. The Kier molecular flexibility index (Phi) is 2.90. The molecule has 1 aromatic heterocycles. The van der Waals surface area contributed by atoms with E-state index in [0.29, 0.717) is 12.4 Å². The molecule has 102 valence electrons.